The summed E-state index contributed by atoms with van der Waals surface area (Å²) in [6.07, 6.45) is 0.342. The van der Waals surface area contributed by atoms with Crippen molar-refractivity contribution < 1.29 is 13.5 Å². The summed E-state index contributed by atoms with van der Waals surface area (Å²) < 4.78 is 25.2. The van der Waals surface area contributed by atoms with Gasteiger partial charge in [-0.25, -0.2) is 13.1 Å². The minimum absolute atomic E-state index is 0.0391. The molecule has 15 heavy (non-hydrogen) atoms. The van der Waals surface area contributed by atoms with Crippen LogP contribution >= 0.6 is 0 Å². The standard InChI is InChI=1S/C8H12N2O4S/c1-6(11)4-10-15(13,14)7-2-3-8(12)9-5-7/h2-3,5-6,10-11H,4H2,1H3,(H,9,12)/t6-/m0/s1. The third-order valence-electron chi connectivity index (χ3n) is 1.63. The zero-order valence-electron chi connectivity index (χ0n) is 8.10. The van der Waals surface area contributed by atoms with Crippen LogP contribution in [-0.4, -0.2) is 31.2 Å². The molecule has 6 nitrogen and oxygen atoms in total. The van der Waals surface area contributed by atoms with E-state index < -0.39 is 16.1 Å². The number of H-pyrrole nitrogens is 1. The molecule has 0 bridgehead atoms. The zero-order chi connectivity index (χ0) is 11.5. The first kappa shape index (κ1) is 11.9. The van der Waals surface area contributed by atoms with E-state index in [0.717, 1.165) is 12.3 Å². The lowest BCUT2D eigenvalue weighted by Crippen LogP contribution is -2.31. The molecule has 0 radical (unpaired) electrons. The van der Waals surface area contributed by atoms with E-state index in [2.05, 4.69) is 9.71 Å². The van der Waals surface area contributed by atoms with E-state index in [1.807, 2.05) is 0 Å². The molecule has 0 saturated carbocycles. The highest BCUT2D eigenvalue weighted by Crippen LogP contribution is 2.03. The second kappa shape index (κ2) is 4.56. The Bertz CT molecular complexity index is 457. The Balaban J connectivity index is 2.87. The Kier molecular flexibility index (Phi) is 3.61. The topological polar surface area (TPSA) is 99.3 Å². The molecule has 0 saturated heterocycles. The van der Waals surface area contributed by atoms with Gasteiger partial charge in [-0.1, -0.05) is 0 Å². The quantitative estimate of drug-likeness (QED) is 0.622. The van der Waals surface area contributed by atoms with Crippen molar-refractivity contribution >= 4 is 10.0 Å². The van der Waals surface area contributed by atoms with E-state index in [-0.39, 0.29) is 17.0 Å². The summed E-state index contributed by atoms with van der Waals surface area (Å²) in [6, 6.07) is 2.32. The number of hydrogen-bond donors (Lipinski definition) is 3. The molecular weight excluding hydrogens is 220 g/mol. The lowest BCUT2D eigenvalue weighted by Gasteiger charge is -2.07. The van der Waals surface area contributed by atoms with Gasteiger partial charge in [0.2, 0.25) is 15.6 Å². The Morgan fingerprint density at radius 3 is 2.67 bits per heavy atom. The number of pyridine rings is 1. The number of rotatable bonds is 4. The minimum Gasteiger partial charge on any atom is -0.392 e. The Hall–Kier alpha value is -1.18. The van der Waals surface area contributed by atoms with Crippen LogP contribution in [0.5, 0.6) is 0 Å². The smallest absolute Gasteiger partial charge is 0.247 e. The number of aromatic nitrogens is 1. The largest absolute Gasteiger partial charge is 0.392 e. The van der Waals surface area contributed by atoms with Crippen molar-refractivity contribution in [3.63, 3.8) is 0 Å². The third kappa shape index (κ3) is 3.46. The van der Waals surface area contributed by atoms with E-state index in [9.17, 15) is 13.2 Å². The molecule has 1 aromatic rings. The molecule has 1 rings (SSSR count). The molecule has 3 N–H and O–H groups in total. The predicted octanol–water partition coefficient (Wildman–Crippen LogP) is -0.966. The highest BCUT2D eigenvalue weighted by Gasteiger charge is 2.13. The maximum Gasteiger partial charge on any atom is 0.247 e. The fourth-order valence-corrected chi connectivity index (χ4v) is 1.97. The molecule has 84 valence electrons. The number of sulfonamides is 1. The summed E-state index contributed by atoms with van der Waals surface area (Å²) in [5, 5.41) is 8.92. The van der Waals surface area contributed by atoms with Crippen LogP contribution in [0.1, 0.15) is 6.92 Å². The molecule has 0 amide bonds. The van der Waals surface area contributed by atoms with Gasteiger partial charge in [-0.05, 0) is 13.0 Å². The Labute approximate surface area is 87.0 Å². The summed E-state index contributed by atoms with van der Waals surface area (Å²) in [7, 11) is -3.65. The minimum atomic E-state index is -3.65. The van der Waals surface area contributed by atoms with Gasteiger partial charge < -0.3 is 10.1 Å². The molecule has 0 spiro atoms. The SMILES string of the molecule is C[C@H](O)CNS(=O)(=O)c1ccc(=O)[nH]c1. The van der Waals surface area contributed by atoms with E-state index in [1.165, 1.54) is 13.0 Å². The summed E-state index contributed by atoms with van der Waals surface area (Å²) in [5.74, 6) is 0. The van der Waals surface area contributed by atoms with Gasteiger partial charge in [-0.2, -0.15) is 0 Å². The van der Waals surface area contributed by atoms with Crippen LogP contribution in [0.3, 0.4) is 0 Å². The summed E-state index contributed by atoms with van der Waals surface area (Å²) in [6.45, 7) is 1.40. The fraction of sp³-hybridized carbons (Fsp3) is 0.375. The average molecular weight is 232 g/mol. The predicted molar refractivity (Wildman–Crippen MR) is 53.9 cm³/mol. The van der Waals surface area contributed by atoms with Crippen molar-refractivity contribution in [3.8, 4) is 0 Å². The number of aliphatic hydroxyl groups is 1. The van der Waals surface area contributed by atoms with Crippen molar-refractivity contribution in [2.24, 2.45) is 0 Å². The van der Waals surface area contributed by atoms with Gasteiger partial charge in [0.25, 0.3) is 0 Å². The fourth-order valence-electron chi connectivity index (χ4n) is 0.877. The van der Waals surface area contributed by atoms with Crippen molar-refractivity contribution in [1.29, 1.82) is 0 Å². The van der Waals surface area contributed by atoms with Gasteiger partial charge in [-0.15, -0.1) is 0 Å². The Morgan fingerprint density at radius 2 is 2.20 bits per heavy atom. The molecule has 0 aliphatic heterocycles. The first-order valence-corrected chi connectivity index (χ1v) is 5.76. The van der Waals surface area contributed by atoms with Crippen LogP contribution in [0.15, 0.2) is 28.0 Å². The zero-order valence-corrected chi connectivity index (χ0v) is 8.91. The molecule has 0 aromatic carbocycles. The maximum absolute atomic E-state index is 11.5. The summed E-state index contributed by atoms with van der Waals surface area (Å²) in [5.41, 5.74) is -0.371. The Morgan fingerprint density at radius 1 is 1.53 bits per heavy atom. The maximum atomic E-state index is 11.5. The summed E-state index contributed by atoms with van der Waals surface area (Å²) >= 11 is 0. The first-order chi connectivity index (χ1) is 6.92. The van der Waals surface area contributed by atoms with E-state index in [0.29, 0.717) is 0 Å². The molecule has 0 aliphatic rings. The van der Waals surface area contributed by atoms with Crippen molar-refractivity contribution in [1.82, 2.24) is 9.71 Å². The molecular formula is C8H12N2O4S. The number of aliphatic hydroxyl groups excluding tert-OH is 1. The van der Waals surface area contributed by atoms with Gasteiger partial charge >= 0.3 is 0 Å². The monoisotopic (exact) mass is 232 g/mol. The average Bonchev–Trinajstić information content (AvgIpc) is 2.16. The number of nitrogens with one attached hydrogen (secondary N) is 2. The molecule has 0 aliphatic carbocycles. The van der Waals surface area contributed by atoms with Crippen LogP contribution in [0.4, 0.5) is 0 Å². The number of aromatic amines is 1. The second-order valence-corrected chi connectivity index (χ2v) is 4.86. The van der Waals surface area contributed by atoms with E-state index >= 15 is 0 Å². The summed E-state index contributed by atoms with van der Waals surface area (Å²) in [4.78, 5) is 12.9. The van der Waals surface area contributed by atoms with E-state index in [1.54, 1.807) is 0 Å². The van der Waals surface area contributed by atoms with E-state index in [4.69, 9.17) is 5.11 Å². The normalized spacial score (nSPS) is 13.7. The van der Waals surface area contributed by atoms with Gasteiger partial charge in [0.05, 0.1) is 11.0 Å². The molecule has 1 atom stereocenters. The first-order valence-electron chi connectivity index (χ1n) is 4.28. The van der Waals surface area contributed by atoms with Crippen LogP contribution < -0.4 is 10.3 Å². The van der Waals surface area contributed by atoms with Crippen LogP contribution in [-0.2, 0) is 10.0 Å². The van der Waals surface area contributed by atoms with Crippen molar-refractivity contribution in [2.75, 3.05) is 6.54 Å². The highest BCUT2D eigenvalue weighted by molar-refractivity contribution is 7.89. The van der Waals surface area contributed by atoms with Gasteiger partial charge in [0.1, 0.15) is 0 Å². The molecule has 7 heteroatoms. The molecule has 1 heterocycles. The lowest BCUT2D eigenvalue weighted by molar-refractivity contribution is 0.198. The van der Waals surface area contributed by atoms with Crippen molar-refractivity contribution in [3.05, 3.63) is 28.7 Å². The van der Waals surface area contributed by atoms with Gasteiger partial charge in [0, 0.05) is 18.8 Å². The van der Waals surface area contributed by atoms with Crippen molar-refractivity contribution in [2.45, 2.75) is 17.9 Å². The van der Waals surface area contributed by atoms with Gasteiger partial charge in [0.15, 0.2) is 0 Å². The molecule has 0 unspecified atom stereocenters. The lowest BCUT2D eigenvalue weighted by atomic mass is 10.4. The molecule has 0 fully saturated rings. The van der Waals surface area contributed by atoms with Crippen LogP contribution in [0, 0.1) is 0 Å². The highest BCUT2D eigenvalue weighted by atomic mass is 32.2. The third-order valence-corrected chi connectivity index (χ3v) is 3.06. The number of hydrogen-bond acceptors (Lipinski definition) is 4. The van der Waals surface area contributed by atoms with Crippen LogP contribution in [0.25, 0.3) is 0 Å². The van der Waals surface area contributed by atoms with Crippen LogP contribution in [0.2, 0.25) is 0 Å². The van der Waals surface area contributed by atoms with Gasteiger partial charge in [-0.3, -0.25) is 4.79 Å². The second-order valence-electron chi connectivity index (χ2n) is 3.09. The molecule has 1 aromatic heterocycles.